The van der Waals surface area contributed by atoms with Gasteiger partial charge in [0.1, 0.15) is 16.4 Å². The van der Waals surface area contributed by atoms with Crippen LogP contribution >= 0.6 is 12.2 Å². The van der Waals surface area contributed by atoms with Crippen molar-refractivity contribution in [2.24, 2.45) is 5.73 Å². The van der Waals surface area contributed by atoms with E-state index in [-0.39, 0.29) is 17.2 Å². The maximum Gasteiger partial charge on any atom is 0.431 e. The van der Waals surface area contributed by atoms with Gasteiger partial charge >= 0.3 is 6.18 Å². The molecule has 2 aromatic rings. The third kappa shape index (κ3) is 3.27. The van der Waals surface area contributed by atoms with Crippen molar-refractivity contribution in [3.63, 3.8) is 0 Å². The van der Waals surface area contributed by atoms with Crippen LogP contribution in [0.5, 0.6) is 0 Å². The first-order chi connectivity index (χ1) is 9.80. The van der Waals surface area contributed by atoms with Crippen LogP contribution in [-0.2, 0) is 12.7 Å². The van der Waals surface area contributed by atoms with E-state index in [1.165, 1.54) is 12.3 Å². The molecule has 2 aromatic heterocycles. The molecule has 0 saturated heterocycles. The smallest absolute Gasteiger partial charge is 0.388 e. The molecule has 0 saturated carbocycles. The predicted octanol–water partition coefficient (Wildman–Crippen LogP) is 1.94. The molecule has 2 rings (SSSR count). The van der Waals surface area contributed by atoms with E-state index in [0.29, 0.717) is 10.1 Å². The predicted molar refractivity (Wildman–Crippen MR) is 74.9 cm³/mol. The molecule has 4 nitrogen and oxygen atoms in total. The van der Waals surface area contributed by atoms with Crippen molar-refractivity contribution in [3.8, 4) is 0 Å². The molecule has 0 aliphatic rings. The second kappa shape index (κ2) is 5.65. The van der Waals surface area contributed by atoms with Gasteiger partial charge in [-0.1, -0.05) is 24.4 Å². The highest BCUT2D eigenvalue weighted by atomic mass is 32.1. The number of pyridine rings is 2. The van der Waals surface area contributed by atoms with Crippen LogP contribution in [0.4, 0.5) is 13.2 Å². The lowest BCUT2D eigenvalue weighted by Gasteiger charge is -2.16. The first kappa shape index (κ1) is 15.2. The summed E-state index contributed by atoms with van der Waals surface area (Å²) >= 11 is 4.81. The fourth-order valence-corrected chi connectivity index (χ4v) is 2.07. The molecule has 0 spiro atoms. The summed E-state index contributed by atoms with van der Waals surface area (Å²) in [4.78, 5) is 15.6. The first-order valence-electron chi connectivity index (χ1n) is 5.81. The number of halogens is 3. The van der Waals surface area contributed by atoms with Crippen LogP contribution in [0, 0.1) is 0 Å². The standard InChI is InChI=1S/C13H10F3N3OS/c14-13(15,16)9-4-1-5-10(20)19(9)7-8-3-2-6-18-11(8)12(17)21/h1-6H,7H2,(H2,17,21). The van der Waals surface area contributed by atoms with E-state index in [9.17, 15) is 18.0 Å². The number of alkyl halides is 3. The summed E-state index contributed by atoms with van der Waals surface area (Å²) in [6.07, 6.45) is -3.21. The second-order valence-electron chi connectivity index (χ2n) is 4.21. The molecular weight excluding hydrogens is 303 g/mol. The molecule has 21 heavy (non-hydrogen) atoms. The van der Waals surface area contributed by atoms with Crippen molar-refractivity contribution in [1.82, 2.24) is 9.55 Å². The second-order valence-corrected chi connectivity index (χ2v) is 4.65. The van der Waals surface area contributed by atoms with Crippen LogP contribution in [0.1, 0.15) is 17.0 Å². The quantitative estimate of drug-likeness (QED) is 0.880. The summed E-state index contributed by atoms with van der Waals surface area (Å²) < 4.78 is 39.5. The lowest BCUT2D eigenvalue weighted by atomic mass is 10.1. The summed E-state index contributed by atoms with van der Waals surface area (Å²) in [7, 11) is 0. The van der Waals surface area contributed by atoms with Crippen molar-refractivity contribution < 1.29 is 13.2 Å². The van der Waals surface area contributed by atoms with Crippen LogP contribution < -0.4 is 11.3 Å². The molecule has 110 valence electrons. The summed E-state index contributed by atoms with van der Waals surface area (Å²) in [6, 6.07) is 6.04. The van der Waals surface area contributed by atoms with E-state index in [1.807, 2.05) is 0 Å². The lowest BCUT2D eigenvalue weighted by Crippen LogP contribution is -2.28. The molecule has 8 heteroatoms. The van der Waals surface area contributed by atoms with E-state index in [0.717, 1.165) is 18.2 Å². The third-order valence-corrected chi connectivity index (χ3v) is 2.99. The molecule has 2 heterocycles. The Bertz CT molecular complexity index is 740. The normalized spacial score (nSPS) is 11.4. The fraction of sp³-hybridized carbons (Fsp3) is 0.154. The first-order valence-corrected chi connectivity index (χ1v) is 6.22. The average Bonchev–Trinajstić information content (AvgIpc) is 2.40. The van der Waals surface area contributed by atoms with Gasteiger partial charge in [0.2, 0.25) is 0 Å². The van der Waals surface area contributed by atoms with Gasteiger partial charge in [0.05, 0.1) is 6.54 Å². The number of thiocarbonyl (C=S) groups is 1. The molecule has 0 aromatic carbocycles. The van der Waals surface area contributed by atoms with Gasteiger partial charge in [-0.05, 0) is 12.1 Å². The fourth-order valence-electron chi connectivity index (χ4n) is 1.89. The highest BCUT2D eigenvalue weighted by Crippen LogP contribution is 2.28. The molecule has 0 atom stereocenters. The molecule has 0 radical (unpaired) electrons. The number of nitrogens with two attached hydrogens (primary N) is 1. The Kier molecular flexibility index (Phi) is 4.08. The van der Waals surface area contributed by atoms with Crippen LogP contribution in [-0.4, -0.2) is 14.5 Å². The van der Waals surface area contributed by atoms with E-state index < -0.39 is 17.4 Å². The van der Waals surface area contributed by atoms with Gasteiger partial charge in [0, 0.05) is 17.8 Å². The van der Waals surface area contributed by atoms with Crippen LogP contribution in [0.2, 0.25) is 0 Å². The molecule has 2 N–H and O–H groups in total. The Morgan fingerprint density at radius 1 is 1.29 bits per heavy atom. The van der Waals surface area contributed by atoms with E-state index in [2.05, 4.69) is 4.98 Å². The zero-order chi connectivity index (χ0) is 15.6. The monoisotopic (exact) mass is 313 g/mol. The highest BCUT2D eigenvalue weighted by Gasteiger charge is 2.34. The van der Waals surface area contributed by atoms with Gasteiger partial charge in [-0.25, -0.2) is 0 Å². The summed E-state index contributed by atoms with van der Waals surface area (Å²) in [6.45, 7) is -0.310. The maximum atomic E-state index is 13.0. The number of nitrogens with zero attached hydrogens (tertiary/aromatic N) is 2. The van der Waals surface area contributed by atoms with Crippen LogP contribution in [0.15, 0.2) is 41.3 Å². The zero-order valence-corrected chi connectivity index (χ0v) is 11.4. The Hall–Kier alpha value is -2.22. The van der Waals surface area contributed by atoms with Gasteiger partial charge in [0.15, 0.2) is 0 Å². The summed E-state index contributed by atoms with van der Waals surface area (Å²) in [5.74, 6) is 0. The molecule has 0 aliphatic carbocycles. The molecule has 0 bridgehead atoms. The van der Waals surface area contributed by atoms with Gasteiger partial charge in [-0.3, -0.25) is 14.3 Å². The van der Waals surface area contributed by atoms with Gasteiger partial charge < -0.3 is 5.73 Å². The zero-order valence-electron chi connectivity index (χ0n) is 10.6. The largest absolute Gasteiger partial charge is 0.431 e. The van der Waals surface area contributed by atoms with Crippen molar-refractivity contribution in [3.05, 3.63) is 63.8 Å². The Morgan fingerprint density at radius 2 is 2.00 bits per heavy atom. The van der Waals surface area contributed by atoms with Crippen LogP contribution in [0.3, 0.4) is 0 Å². The Balaban J connectivity index is 2.56. The highest BCUT2D eigenvalue weighted by molar-refractivity contribution is 7.80. The summed E-state index contributed by atoms with van der Waals surface area (Å²) in [5, 5.41) is 0. The molecular formula is C13H10F3N3OS. The van der Waals surface area contributed by atoms with Crippen molar-refractivity contribution in [2.45, 2.75) is 12.7 Å². The number of rotatable bonds is 3. The SMILES string of the molecule is NC(=S)c1ncccc1Cn1c(C(F)(F)F)cccc1=O. The number of hydrogen-bond acceptors (Lipinski definition) is 3. The molecule has 0 aliphatic heterocycles. The minimum atomic E-state index is -4.63. The lowest BCUT2D eigenvalue weighted by molar-refractivity contribution is -0.144. The molecule has 0 amide bonds. The summed E-state index contributed by atoms with van der Waals surface area (Å²) in [5.41, 5.74) is 4.25. The van der Waals surface area contributed by atoms with Gasteiger partial charge in [-0.15, -0.1) is 0 Å². The van der Waals surface area contributed by atoms with Crippen molar-refractivity contribution in [2.75, 3.05) is 0 Å². The third-order valence-electron chi connectivity index (χ3n) is 2.79. The molecule has 0 unspecified atom stereocenters. The van der Waals surface area contributed by atoms with Gasteiger partial charge in [0.25, 0.3) is 5.56 Å². The van der Waals surface area contributed by atoms with E-state index >= 15 is 0 Å². The topological polar surface area (TPSA) is 60.9 Å². The minimum absolute atomic E-state index is 0.0388. The van der Waals surface area contributed by atoms with Crippen molar-refractivity contribution in [1.29, 1.82) is 0 Å². The van der Waals surface area contributed by atoms with E-state index in [1.54, 1.807) is 6.07 Å². The maximum absolute atomic E-state index is 13.0. The van der Waals surface area contributed by atoms with Gasteiger partial charge in [-0.2, -0.15) is 13.2 Å². The Labute approximate surface area is 123 Å². The van der Waals surface area contributed by atoms with E-state index in [4.69, 9.17) is 18.0 Å². The van der Waals surface area contributed by atoms with Crippen molar-refractivity contribution >= 4 is 17.2 Å². The number of aromatic nitrogens is 2. The molecule has 0 fully saturated rings. The Morgan fingerprint density at radius 3 is 2.62 bits per heavy atom. The minimum Gasteiger partial charge on any atom is -0.388 e. The average molecular weight is 313 g/mol. The van der Waals surface area contributed by atoms with Crippen LogP contribution in [0.25, 0.3) is 0 Å². The number of hydrogen-bond donors (Lipinski definition) is 1.